The molecule has 0 amide bonds. The minimum absolute atomic E-state index is 0. The molecular weight excluding hydrogens is 283 g/mol. The van der Waals surface area contributed by atoms with Crippen LogP contribution in [0.5, 0.6) is 5.75 Å². The Hall–Kier alpha value is -0.409. The molecule has 1 heterocycles. The van der Waals surface area contributed by atoms with Crippen LogP contribution in [0.4, 0.5) is 12.9 Å². The predicted molar refractivity (Wildman–Crippen MR) is 61.5 cm³/mol. The fourth-order valence-electron chi connectivity index (χ4n) is 1.43. The Morgan fingerprint density at radius 2 is 1.63 bits per heavy atom. The van der Waals surface area contributed by atoms with Crippen molar-refractivity contribution < 1.29 is 69.1 Å². The van der Waals surface area contributed by atoms with E-state index in [9.17, 15) is 12.9 Å². The maximum absolute atomic E-state index is 12.7. The standard InChI is InChI=1S/C11H9BF3N2O.K/c13-12(14,15)9-4-1-2-5-10(9)18-8-11-16-6-3-7-17-11;/h1-7H,8H2;/q-1;+1. The molecule has 0 bridgehead atoms. The van der Waals surface area contributed by atoms with Gasteiger partial charge in [-0.15, -0.1) is 0 Å². The van der Waals surface area contributed by atoms with Crippen LogP contribution < -0.4 is 61.6 Å². The van der Waals surface area contributed by atoms with Crippen LogP contribution in [-0.2, 0) is 6.61 Å². The molecule has 1 aromatic carbocycles. The summed E-state index contributed by atoms with van der Waals surface area (Å²) in [7, 11) is 0. The number of benzene rings is 1. The van der Waals surface area contributed by atoms with E-state index in [-0.39, 0.29) is 63.7 Å². The predicted octanol–water partition coefficient (Wildman–Crippen LogP) is -0.886. The molecule has 0 spiro atoms. The molecule has 2 rings (SSSR count). The van der Waals surface area contributed by atoms with E-state index in [2.05, 4.69) is 9.97 Å². The van der Waals surface area contributed by atoms with Crippen LogP contribution in [0, 0.1) is 0 Å². The van der Waals surface area contributed by atoms with Crippen LogP contribution >= 0.6 is 0 Å². The maximum atomic E-state index is 12.7. The number of halogens is 3. The average molecular weight is 292 g/mol. The number of hydrogen-bond donors (Lipinski definition) is 0. The SMILES string of the molecule is F[B-](F)(F)c1ccccc1OCc1ncccn1.[K+]. The van der Waals surface area contributed by atoms with Crippen molar-refractivity contribution in [2.45, 2.75) is 6.61 Å². The fraction of sp³-hybridized carbons (Fsp3) is 0.0909. The van der Waals surface area contributed by atoms with E-state index in [1.54, 1.807) is 6.07 Å². The van der Waals surface area contributed by atoms with Crippen molar-refractivity contribution in [3.63, 3.8) is 0 Å². The molecule has 0 atom stereocenters. The van der Waals surface area contributed by atoms with Gasteiger partial charge < -0.3 is 17.7 Å². The number of hydrogen-bond acceptors (Lipinski definition) is 3. The van der Waals surface area contributed by atoms with E-state index >= 15 is 0 Å². The third-order valence-electron chi connectivity index (χ3n) is 2.25. The van der Waals surface area contributed by atoms with E-state index in [4.69, 9.17) is 4.74 Å². The molecule has 0 fully saturated rings. The summed E-state index contributed by atoms with van der Waals surface area (Å²) in [4.78, 5) is 7.75. The summed E-state index contributed by atoms with van der Waals surface area (Å²) in [6.45, 7) is -5.18. The molecule has 0 saturated heterocycles. The van der Waals surface area contributed by atoms with E-state index < -0.39 is 12.4 Å². The van der Waals surface area contributed by atoms with Gasteiger partial charge in [-0.1, -0.05) is 23.7 Å². The second-order valence-corrected chi connectivity index (χ2v) is 3.57. The van der Waals surface area contributed by atoms with Crippen LogP contribution in [0.25, 0.3) is 0 Å². The van der Waals surface area contributed by atoms with Crippen molar-refractivity contribution in [3.8, 4) is 5.75 Å². The summed E-state index contributed by atoms with van der Waals surface area (Å²) in [5.41, 5.74) is -0.742. The summed E-state index contributed by atoms with van der Waals surface area (Å²) in [5.74, 6) is 0.138. The van der Waals surface area contributed by atoms with Gasteiger partial charge in [-0.3, -0.25) is 0 Å². The molecule has 0 saturated carbocycles. The first kappa shape index (κ1) is 16.6. The van der Waals surface area contributed by atoms with Gasteiger partial charge in [-0.25, -0.2) is 9.97 Å². The smallest absolute Gasteiger partial charge is 0.489 e. The minimum atomic E-state index is -5.09. The first-order chi connectivity index (χ1) is 8.57. The Balaban J connectivity index is 0.00000180. The third kappa shape index (κ3) is 4.88. The molecule has 19 heavy (non-hydrogen) atoms. The number of nitrogens with zero attached hydrogens (tertiary/aromatic N) is 2. The molecule has 0 radical (unpaired) electrons. The quantitative estimate of drug-likeness (QED) is 0.686. The van der Waals surface area contributed by atoms with E-state index in [0.29, 0.717) is 5.82 Å². The van der Waals surface area contributed by atoms with Gasteiger partial charge >= 0.3 is 58.4 Å². The molecule has 8 heteroatoms. The first-order valence-electron chi connectivity index (χ1n) is 5.25. The van der Waals surface area contributed by atoms with Crippen molar-refractivity contribution >= 4 is 12.4 Å². The zero-order valence-electron chi connectivity index (χ0n) is 10.3. The average Bonchev–Trinajstić information content (AvgIpc) is 2.37. The number of ether oxygens (including phenoxy) is 1. The van der Waals surface area contributed by atoms with Gasteiger partial charge in [-0.2, -0.15) is 0 Å². The van der Waals surface area contributed by atoms with E-state index in [1.165, 1.54) is 30.6 Å². The van der Waals surface area contributed by atoms with E-state index in [1.807, 2.05) is 0 Å². The molecule has 3 nitrogen and oxygen atoms in total. The zero-order chi connectivity index (χ0) is 13.0. The summed E-state index contributed by atoms with van der Waals surface area (Å²) >= 11 is 0. The van der Waals surface area contributed by atoms with E-state index in [0.717, 1.165) is 6.07 Å². The second kappa shape index (κ2) is 7.39. The molecule has 0 aliphatic heterocycles. The van der Waals surface area contributed by atoms with Gasteiger partial charge in [0, 0.05) is 12.4 Å². The van der Waals surface area contributed by atoms with Crippen molar-refractivity contribution in [2.24, 2.45) is 0 Å². The van der Waals surface area contributed by atoms with Crippen molar-refractivity contribution in [1.29, 1.82) is 0 Å². The molecule has 2 aromatic rings. The Bertz CT molecular complexity index is 525. The van der Waals surface area contributed by atoms with Crippen molar-refractivity contribution in [3.05, 3.63) is 48.5 Å². The van der Waals surface area contributed by atoms with Gasteiger partial charge in [0.1, 0.15) is 6.61 Å². The fourth-order valence-corrected chi connectivity index (χ4v) is 1.43. The number of rotatable bonds is 4. The molecular formula is C11H9BF3KN2O. The summed E-state index contributed by atoms with van der Waals surface area (Å²) in [6, 6.07) is 6.73. The Labute approximate surface area is 151 Å². The second-order valence-electron chi connectivity index (χ2n) is 3.57. The van der Waals surface area contributed by atoms with Crippen LogP contribution in [0.1, 0.15) is 5.82 Å². The van der Waals surface area contributed by atoms with Gasteiger partial charge in [-0.05, 0) is 12.1 Å². The number of aromatic nitrogens is 2. The van der Waals surface area contributed by atoms with Gasteiger partial charge in [0.15, 0.2) is 5.82 Å². The molecule has 0 aliphatic rings. The van der Waals surface area contributed by atoms with Gasteiger partial charge in [0.05, 0.1) is 5.75 Å². The summed E-state index contributed by atoms with van der Waals surface area (Å²) < 4.78 is 43.3. The molecule has 0 N–H and O–H groups in total. The van der Waals surface area contributed by atoms with Gasteiger partial charge in [0.2, 0.25) is 0 Å². The Morgan fingerprint density at radius 3 is 2.26 bits per heavy atom. The zero-order valence-corrected chi connectivity index (χ0v) is 13.4. The normalized spacial score (nSPS) is 10.7. The molecule has 1 aromatic heterocycles. The maximum Gasteiger partial charge on any atom is 1.00 e. The molecule has 94 valence electrons. The monoisotopic (exact) mass is 292 g/mol. The van der Waals surface area contributed by atoms with Crippen molar-refractivity contribution in [1.82, 2.24) is 9.97 Å². The molecule has 0 unspecified atom stereocenters. The minimum Gasteiger partial charge on any atom is -0.489 e. The van der Waals surface area contributed by atoms with Crippen LogP contribution in [0.15, 0.2) is 42.7 Å². The topological polar surface area (TPSA) is 35.0 Å². The van der Waals surface area contributed by atoms with Crippen LogP contribution in [-0.4, -0.2) is 16.9 Å². The Kier molecular flexibility index (Phi) is 6.48. The largest absolute Gasteiger partial charge is 1.00 e. The van der Waals surface area contributed by atoms with Gasteiger partial charge in [0.25, 0.3) is 0 Å². The first-order valence-corrected chi connectivity index (χ1v) is 5.25. The third-order valence-corrected chi connectivity index (χ3v) is 2.25. The molecule has 0 aliphatic carbocycles. The summed E-state index contributed by atoms with van der Waals surface area (Å²) in [6.07, 6.45) is 3.01. The summed E-state index contributed by atoms with van der Waals surface area (Å²) in [5, 5.41) is 0. The van der Waals surface area contributed by atoms with Crippen LogP contribution in [0.3, 0.4) is 0 Å². The number of para-hydroxylation sites is 1. The van der Waals surface area contributed by atoms with Crippen molar-refractivity contribution in [2.75, 3.05) is 0 Å². The Morgan fingerprint density at radius 1 is 1.00 bits per heavy atom. The van der Waals surface area contributed by atoms with Crippen LogP contribution in [0.2, 0.25) is 0 Å².